The number of hydrogen-bond acceptors (Lipinski definition) is 4. The highest BCUT2D eigenvalue weighted by atomic mass is 19.1. The zero-order valence-corrected chi connectivity index (χ0v) is 18.0. The van der Waals surface area contributed by atoms with Crippen LogP contribution in [0, 0.1) is 25.6 Å². The molecule has 1 aliphatic rings. The van der Waals surface area contributed by atoms with Crippen molar-refractivity contribution in [3.05, 3.63) is 70.5 Å². The van der Waals surface area contributed by atoms with Crippen molar-refractivity contribution in [2.24, 2.45) is 5.92 Å². The smallest absolute Gasteiger partial charge is 0.416 e. The quantitative estimate of drug-likeness (QED) is 0.436. The van der Waals surface area contributed by atoms with E-state index in [-0.39, 0.29) is 24.4 Å². The van der Waals surface area contributed by atoms with Crippen LogP contribution in [-0.2, 0) is 27.2 Å². The van der Waals surface area contributed by atoms with E-state index in [9.17, 15) is 18.8 Å². The fourth-order valence-electron chi connectivity index (χ4n) is 4.16. The number of unbranched alkanes of at least 4 members (excludes halogenated alkanes) is 1. The number of halogens is 1. The Morgan fingerprint density at radius 3 is 2.52 bits per heavy atom. The van der Waals surface area contributed by atoms with Crippen molar-refractivity contribution in [2.45, 2.75) is 52.0 Å². The number of hydrogen-bond donors (Lipinski definition) is 0. The summed E-state index contributed by atoms with van der Waals surface area (Å²) < 4.78 is 19.2. The molecule has 31 heavy (non-hydrogen) atoms. The number of benzene rings is 2. The van der Waals surface area contributed by atoms with Crippen LogP contribution >= 0.6 is 0 Å². The molecule has 0 aromatic heterocycles. The lowest BCUT2D eigenvalue weighted by atomic mass is 9.90. The van der Waals surface area contributed by atoms with Crippen molar-refractivity contribution in [2.75, 3.05) is 6.61 Å². The summed E-state index contributed by atoms with van der Waals surface area (Å²) in [4.78, 5) is 37.9. The second-order valence-corrected chi connectivity index (χ2v) is 8.17. The van der Waals surface area contributed by atoms with Gasteiger partial charge in [-0.3, -0.25) is 4.79 Å². The number of nitrogens with zero attached hydrogens (tertiary/aromatic N) is 1. The third-order valence-corrected chi connectivity index (χ3v) is 5.71. The lowest BCUT2D eigenvalue weighted by Gasteiger charge is -2.25. The highest BCUT2D eigenvalue weighted by molar-refractivity contribution is 5.95. The first-order valence-electron chi connectivity index (χ1n) is 10.6. The minimum absolute atomic E-state index is 0.162. The molecule has 1 aliphatic heterocycles. The molecule has 0 saturated carbocycles. The molecule has 2 aromatic rings. The highest BCUT2D eigenvalue weighted by Crippen LogP contribution is 2.26. The first-order valence-corrected chi connectivity index (χ1v) is 10.6. The average molecular weight is 426 g/mol. The molecule has 0 N–H and O–H groups in total. The molecule has 0 radical (unpaired) electrons. The number of carbonyl (C=O) groups excluding carboxylic acids is 3. The normalized spacial score (nSPS) is 16.8. The third kappa shape index (κ3) is 5.57. The predicted molar refractivity (Wildman–Crippen MR) is 115 cm³/mol. The Morgan fingerprint density at radius 2 is 1.87 bits per heavy atom. The van der Waals surface area contributed by atoms with Gasteiger partial charge in [0.15, 0.2) is 0 Å². The van der Waals surface area contributed by atoms with Crippen LogP contribution in [0.2, 0.25) is 0 Å². The first kappa shape index (κ1) is 22.7. The van der Waals surface area contributed by atoms with E-state index in [2.05, 4.69) is 0 Å². The second kappa shape index (κ2) is 10.3. The molecule has 0 aliphatic carbocycles. The number of imide groups is 1. The van der Waals surface area contributed by atoms with E-state index in [1.54, 1.807) is 26.0 Å². The standard InChI is InChI=1S/C25H28FNO4/c1-17-12-20(13-18(2)23(17)26)14-21(10-6-7-11-28)24(29)27-22(16-31-25(27)30)15-19-8-4-3-5-9-19/h3-5,8-9,11-13,21-22H,6-7,10,14-16H2,1-2H3. The maximum Gasteiger partial charge on any atom is 0.416 e. The van der Waals surface area contributed by atoms with Gasteiger partial charge in [-0.25, -0.2) is 14.1 Å². The van der Waals surface area contributed by atoms with Crippen LogP contribution in [-0.4, -0.2) is 35.8 Å². The molecule has 5 nitrogen and oxygen atoms in total. The molecule has 2 atom stereocenters. The fraction of sp³-hybridized carbons (Fsp3) is 0.400. The Hall–Kier alpha value is -3.02. The fourth-order valence-corrected chi connectivity index (χ4v) is 4.16. The Balaban J connectivity index is 1.82. The van der Waals surface area contributed by atoms with Crippen molar-refractivity contribution in [3.8, 4) is 0 Å². The van der Waals surface area contributed by atoms with Gasteiger partial charge in [-0.05, 0) is 61.8 Å². The van der Waals surface area contributed by atoms with Crippen molar-refractivity contribution < 1.29 is 23.5 Å². The Kier molecular flexibility index (Phi) is 7.55. The van der Waals surface area contributed by atoms with Gasteiger partial charge >= 0.3 is 6.09 Å². The Morgan fingerprint density at radius 1 is 1.19 bits per heavy atom. The van der Waals surface area contributed by atoms with Gasteiger partial charge in [-0.2, -0.15) is 0 Å². The molecule has 2 aromatic carbocycles. The summed E-state index contributed by atoms with van der Waals surface area (Å²) in [7, 11) is 0. The summed E-state index contributed by atoms with van der Waals surface area (Å²) in [5.74, 6) is -1.04. The molecule has 2 amide bonds. The monoisotopic (exact) mass is 425 g/mol. The molecule has 1 heterocycles. The summed E-state index contributed by atoms with van der Waals surface area (Å²) in [6, 6.07) is 12.8. The lowest BCUT2D eigenvalue weighted by molar-refractivity contribution is -0.133. The molecular formula is C25H28FNO4. The van der Waals surface area contributed by atoms with Crippen molar-refractivity contribution in [1.29, 1.82) is 0 Å². The zero-order chi connectivity index (χ0) is 22.4. The zero-order valence-electron chi connectivity index (χ0n) is 18.0. The number of amides is 2. The van der Waals surface area contributed by atoms with Gasteiger partial charge in [0.05, 0.1) is 6.04 Å². The molecule has 6 heteroatoms. The summed E-state index contributed by atoms with van der Waals surface area (Å²) in [6.45, 7) is 3.56. The molecule has 0 bridgehead atoms. The molecule has 1 fully saturated rings. The van der Waals surface area contributed by atoms with E-state index in [4.69, 9.17) is 4.74 Å². The van der Waals surface area contributed by atoms with Crippen molar-refractivity contribution in [1.82, 2.24) is 4.90 Å². The van der Waals surface area contributed by atoms with Crippen LogP contribution < -0.4 is 0 Å². The van der Waals surface area contributed by atoms with Crippen LogP contribution in [0.5, 0.6) is 0 Å². The number of ether oxygens (including phenoxy) is 1. The number of aldehydes is 1. The predicted octanol–water partition coefficient (Wildman–Crippen LogP) is 4.56. The minimum atomic E-state index is -0.627. The van der Waals surface area contributed by atoms with Gasteiger partial charge in [0.2, 0.25) is 5.91 Å². The SMILES string of the molecule is Cc1cc(CC(CCCC=O)C(=O)N2C(=O)OCC2Cc2ccccc2)cc(C)c1F. The Bertz CT molecular complexity index is 921. The topological polar surface area (TPSA) is 63.7 Å². The van der Waals surface area contributed by atoms with Crippen LogP contribution in [0.15, 0.2) is 42.5 Å². The number of aryl methyl sites for hydroxylation is 2. The molecule has 3 rings (SSSR count). The third-order valence-electron chi connectivity index (χ3n) is 5.71. The van der Waals surface area contributed by atoms with Gasteiger partial charge in [0.25, 0.3) is 0 Å². The highest BCUT2D eigenvalue weighted by Gasteiger charge is 2.40. The van der Waals surface area contributed by atoms with Crippen LogP contribution in [0.4, 0.5) is 9.18 Å². The Labute approximate surface area is 182 Å². The van der Waals surface area contributed by atoms with Crippen molar-refractivity contribution in [3.63, 3.8) is 0 Å². The molecule has 1 saturated heterocycles. The summed E-state index contributed by atoms with van der Waals surface area (Å²) in [5, 5.41) is 0. The van der Waals surface area contributed by atoms with Gasteiger partial charge < -0.3 is 9.53 Å². The maximum absolute atomic E-state index is 14.0. The number of cyclic esters (lactones) is 1. The average Bonchev–Trinajstić information content (AvgIpc) is 3.11. The van der Waals surface area contributed by atoms with Gasteiger partial charge in [-0.1, -0.05) is 42.5 Å². The van der Waals surface area contributed by atoms with Gasteiger partial charge in [0, 0.05) is 12.3 Å². The molecule has 2 unspecified atom stereocenters. The van der Waals surface area contributed by atoms with Crippen LogP contribution in [0.3, 0.4) is 0 Å². The number of carbonyl (C=O) groups is 3. The largest absolute Gasteiger partial charge is 0.447 e. The van der Waals surface area contributed by atoms with E-state index in [0.717, 1.165) is 17.4 Å². The van der Waals surface area contributed by atoms with Crippen molar-refractivity contribution >= 4 is 18.3 Å². The second-order valence-electron chi connectivity index (χ2n) is 8.17. The summed E-state index contributed by atoms with van der Waals surface area (Å²) in [5.41, 5.74) is 2.91. The van der Waals surface area contributed by atoms with E-state index in [1.807, 2.05) is 30.3 Å². The van der Waals surface area contributed by atoms with E-state index >= 15 is 0 Å². The summed E-state index contributed by atoms with van der Waals surface area (Å²) >= 11 is 0. The molecular weight excluding hydrogens is 397 g/mol. The van der Waals surface area contributed by atoms with E-state index < -0.39 is 12.0 Å². The molecule has 0 spiro atoms. The van der Waals surface area contributed by atoms with E-state index in [1.165, 1.54) is 4.90 Å². The minimum Gasteiger partial charge on any atom is -0.447 e. The molecule has 164 valence electrons. The first-order chi connectivity index (χ1) is 14.9. The van der Waals surface area contributed by atoms with Crippen LogP contribution in [0.1, 0.15) is 41.5 Å². The lowest BCUT2D eigenvalue weighted by Crippen LogP contribution is -2.44. The number of rotatable bonds is 9. The summed E-state index contributed by atoms with van der Waals surface area (Å²) in [6.07, 6.45) is 2.47. The van der Waals surface area contributed by atoms with Crippen LogP contribution in [0.25, 0.3) is 0 Å². The van der Waals surface area contributed by atoms with Gasteiger partial charge in [-0.15, -0.1) is 0 Å². The van der Waals surface area contributed by atoms with E-state index in [0.29, 0.717) is 43.2 Å². The maximum atomic E-state index is 14.0. The van der Waals surface area contributed by atoms with Gasteiger partial charge in [0.1, 0.15) is 18.7 Å².